The summed E-state index contributed by atoms with van der Waals surface area (Å²) in [6, 6.07) is 13.9. The van der Waals surface area contributed by atoms with Crippen LogP contribution in [0.15, 0.2) is 54.9 Å². The normalized spacial score (nSPS) is 18.9. The lowest BCUT2D eigenvalue weighted by Gasteiger charge is -2.25. The Morgan fingerprint density at radius 2 is 1.97 bits per heavy atom. The van der Waals surface area contributed by atoms with Crippen LogP contribution in [0, 0.1) is 5.82 Å². The summed E-state index contributed by atoms with van der Waals surface area (Å²) in [5.74, 6) is 1.57. The summed E-state index contributed by atoms with van der Waals surface area (Å²) in [7, 11) is 0. The number of benzene rings is 2. The van der Waals surface area contributed by atoms with Gasteiger partial charge in [-0.1, -0.05) is 18.2 Å². The third kappa shape index (κ3) is 3.70. The monoisotopic (exact) mass is 419 g/mol. The molecule has 5 rings (SSSR count). The van der Waals surface area contributed by atoms with Crippen molar-refractivity contribution >= 4 is 11.3 Å². The fourth-order valence-electron chi connectivity index (χ4n) is 3.89. The van der Waals surface area contributed by atoms with Crippen molar-refractivity contribution in [3.05, 3.63) is 66.5 Å². The first kappa shape index (κ1) is 19.4. The van der Waals surface area contributed by atoms with Gasteiger partial charge in [0.1, 0.15) is 40.7 Å². The number of nitrogens with zero attached hydrogens (tertiary/aromatic N) is 4. The molecule has 2 N–H and O–H groups in total. The summed E-state index contributed by atoms with van der Waals surface area (Å²) in [6.07, 6.45) is 3.44. The Labute approximate surface area is 178 Å². The summed E-state index contributed by atoms with van der Waals surface area (Å²) < 4.78 is 28.4. The number of hydrogen-bond acceptors (Lipinski definition) is 6. The maximum atomic E-state index is 15.2. The van der Waals surface area contributed by atoms with Crippen LogP contribution in [0.4, 0.5) is 10.2 Å². The zero-order chi connectivity index (χ0) is 21.4. The smallest absolute Gasteiger partial charge is 0.153 e. The lowest BCUT2D eigenvalue weighted by Crippen LogP contribution is -2.24. The molecule has 2 atom stereocenters. The minimum absolute atomic E-state index is 0.0514. The number of nitrogens with two attached hydrogens (primary N) is 1. The molecule has 2 aromatic carbocycles. The fourth-order valence-corrected chi connectivity index (χ4v) is 3.89. The number of ether oxygens (including phenoxy) is 2. The van der Waals surface area contributed by atoms with E-state index in [9.17, 15) is 0 Å². The maximum absolute atomic E-state index is 15.2. The van der Waals surface area contributed by atoms with E-state index in [1.165, 1.54) is 12.4 Å². The SMILES string of the molecule is C[C@H]1CC[C@@H](c2nc(-c3ccc(Oc4ccccc4)cc3F)c3c(N)ncnn23)CO1. The lowest BCUT2D eigenvalue weighted by atomic mass is 9.98. The number of hydrogen-bond donors (Lipinski definition) is 1. The summed E-state index contributed by atoms with van der Waals surface area (Å²) in [4.78, 5) is 8.86. The first-order chi connectivity index (χ1) is 15.1. The molecule has 0 bridgehead atoms. The van der Waals surface area contributed by atoms with Crippen LogP contribution in [0.5, 0.6) is 11.5 Å². The number of para-hydroxylation sites is 1. The number of rotatable bonds is 4. The van der Waals surface area contributed by atoms with Crippen LogP contribution in [-0.4, -0.2) is 32.3 Å². The van der Waals surface area contributed by atoms with E-state index in [1.807, 2.05) is 30.3 Å². The molecule has 2 aromatic heterocycles. The van der Waals surface area contributed by atoms with E-state index in [2.05, 4.69) is 17.0 Å². The van der Waals surface area contributed by atoms with Gasteiger partial charge in [0.05, 0.1) is 12.7 Å². The average molecular weight is 419 g/mol. The van der Waals surface area contributed by atoms with Crippen LogP contribution >= 0.6 is 0 Å². The van der Waals surface area contributed by atoms with Gasteiger partial charge < -0.3 is 15.2 Å². The summed E-state index contributed by atoms with van der Waals surface area (Å²) in [6.45, 7) is 2.59. The molecule has 0 saturated carbocycles. The average Bonchev–Trinajstić information content (AvgIpc) is 3.16. The third-order valence-electron chi connectivity index (χ3n) is 5.53. The molecule has 0 unspecified atom stereocenters. The second-order valence-electron chi connectivity index (χ2n) is 7.70. The van der Waals surface area contributed by atoms with Crippen molar-refractivity contribution in [3.8, 4) is 22.8 Å². The Hall–Kier alpha value is -3.52. The molecule has 7 nitrogen and oxygen atoms in total. The van der Waals surface area contributed by atoms with E-state index >= 15 is 4.39 Å². The largest absolute Gasteiger partial charge is 0.457 e. The number of halogens is 1. The van der Waals surface area contributed by atoms with Gasteiger partial charge in [-0.15, -0.1) is 0 Å². The lowest BCUT2D eigenvalue weighted by molar-refractivity contribution is 0.0134. The Balaban J connectivity index is 1.55. The van der Waals surface area contributed by atoms with Crippen LogP contribution in [-0.2, 0) is 4.74 Å². The van der Waals surface area contributed by atoms with E-state index in [0.717, 1.165) is 12.8 Å². The van der Waals surface area contributed by atoms with E-state index in [1.54, 1.807) is 16.6 Å². The molecule has 1 aliphatic heterocycles. The van der Waals surface area contributed by atoms with Gasteiger partial charge in [-0.3, -0.25) is 0 Å². The maximum Gasteiger partial charge on any atom is 0.153 e. The summed E-state index contributed by atoms with van der Waals surface area (Å²) >= 11 is 0. The number of nitrogen functional groups attached to an aromatic ring is 1. The van der Waals surface area contributed by atoms with E-state index in [4.69, 9.17) is 20.2 Å². The van der Waals surface area contributed by atoms with Gasteiger partial charge in [0.15, 0.2) is 5.82 Å². The zero-order valence-electron chi connectivity index (χ0n) is 17.0. The van der Waals surface area contributed by atoms with Crippen molar-refractivity contribution < 1.29 is 13.9 Å². The number of fused-ring (bicyclic) bond motifs is 1. The van der Waals surface area contributed by atoms with Crippen molar-refractivity contribution in [2.75, 3.05) is 12.3 Å². The van der Waals surface area contributed by atoms with E-state index in [0.29, 0.717) is 40.7 Å². The Kier molecular flexibility index (Phi) is 4.99. The van der Waals surface area contributed by atoms with Crippen molar-refractivity contribution in [1.82, 2.24) is 19.6 Å². The first-order valence-electron chi connectivity index (χ1n) is 10.2. The van der Waals surface area contributed by atoms with Crippen LogP contribution in [0.2, 0.25) is 0 Å². The van der Waals surface area contributed by atoms with Crippen LogP contribution in [0.1, 0.15) is 31.5 Å². The quantitative estimate of drug-likeness (QED) is 0.521. The predicted octanol–water partition coefficient (Wildman–Crippen LogP) is 4.59. The molecule has 8 heteroatoms. The highest BCUT2D eigenvalue weighted by Crippen LogP contribution is 2.36. The summed E-state index contributed by atoms with van der Waals surface area (Å²) in [5, 5.41) is 4.35. The second kappa shape index (κ2) is 7.96. The minimum Gasteiger partial charge on any atom is -0.457 e. The van der Waals surface area contributed by atoms with Crippen molar-refractivity contribution in [1.29, 1.82) is 0 Å². The molecule has 0 aliphatic carbocycles. The highest BCUT2D eigenvalue weighted by Gasteiger charge is 2.28. The molecule has 3 heterocycles. The molecule has 1 fully saturated rings. The topological polar surface area (TPSA) is 87.6 Å². The van der Waals surface area contributed by atoms with Gasteiger partial charge in [-0.05, 0) is 44.0 Å². The molecule has 1 aliphatic rings. The van der Waals surface area contributed by atoms with Gasteiger partial charge in [0.25, 0.3) is 0 Å². The van der Waals surface area contributed by atoms with Gasteiger partial charge in [0.2, 0.25) is 0 Å². The van der Waals surface area contributed by atoms with Crippen molar-refractivity contribution in [3.63, 3.8) is 0 Å². The third-order valence-corrected chi connectivity index (χ3v) is 5.53. The molecular weight excluding hydrogens is 397 g/mol. The van der Waals surface area contributed by atoms with Gasteiger partial charge in [-0.2, -0.15) is 5.10 Å². The Bertz CT molecular complexity index is 1220. The molecule has 0 amide bonds. The van der Waals surface area contributed by atoms with Crippen molar-refractivity contribution in [2.24, 2.45) is 0 Å². The standard InChI is InChI=1S/C23H22FN5O2/c1-14-7-8-15(12-30-14)23-28-20(21-22(25)26-13-27-29(21)23)18-10-9-17(11-19(18)24)31-16-5-3-2-4-6-16/h2-6,9-11,13-15H,7-8,12H2,1H3,(H2,25,26,27)/t14-,15+/m0/s1. The second-order valence-corrected chi connectivity index (χ2v) is 7.70. The predicted molar refractivity (Wildman–Crippen MR) is 114 cm³/mol. The number of anilines is 1. The van der Waals surface area contributed by atoms with Crippen LogP contribution in [0.25, 0.3) is 16.8 Å². The fraction of sp³-hybridized carbons (Fsp3) is 0.261. The number of imidazole rings is 1. The molecular formula is C23H22FN5O2. The van der Waals surface area contributed by atoms with E-state index in [-0.39, 0.29) is 17.8 Å². The molecule has 31 heavy (non-hydrogen) atoms. The highest BCUT2D eigenvalue weighted by atomic mass is 19.1. The highest BCUT2D eigenvalue weighted by molar-refractivity contribution is 5.85. The molecule has 0 spiro atoms. The van der Waals surface area contributed by atoms with Crippen molar-refractivity contribution in [2.45, 2.75) is 31.8 Å². The zero-order valence-corrected chi connectivity index (χ0v) is 17.0. The molecule has 0 radical (unpaired) electrons. The summed E-state index contributed by atoms with van der Waals surface area (Å²) in [5.41, 5.74) is 7.37. The van der Waals surface area contributed by atoms with Crippen LogP contribution in [0.3, 0.4) is 0 Å². The minimum atomic E-state index is -0.461. The molecule has 4 aromatic rings. The van der Waals surface area contributed by atoms with Gasteiger partial charge >= 0.3 is 0 Å². The van der Waals surface area contributed by atoms with Crippen LogP contribution < -0.4 is 10.5 Å². The van der Waals surface area contributed by atoms with Gasteiger partial charge in [0, 0.05) is 17.5 Å². The van der Waals surface area contributed by atoms with E-state index < -0.39 is 5.82 Å². The van der Waals surface area contributed by atoms with Gasteiger partial charge in [-0.25, -0.2) is 18.9 Å². The first-order valence-corrected chi connectivity index (χ1v) is 10.2. The number of aromatic nitrogens is 4. The Morgan fingerprint density at radius 3 is 2.71 bits per heavy atom. The molecule has 158 valence electrons. The molecule has 1 saturated heterocycles. The Morgan fingerprint density at radius 1 is 1.13 bits per heavy atom.